The van der Waals surface area contributed by atoms with Gasteiger partial charge < -0.3 is 16.2 Å². The van der Waals surface area contributed by atoms with Gasteiger partial charge in [0, 0.05) is 26.6 Å². The normalized spacial score (nSPS) is 13.8. The molecule has 1 unspecified atom stereocenters. The van der Waals surface area contributed by atoms with Crippen LogP contribution in [0.5, 0.6) is 0 Å². The number of anilines is 1. The average Bonchev–Trinajstić information content (AvgIpc) is 2.19. The molecule has 0 aliphatic heterocycles. The third kappa shape index (κ3) is 4.58. The number of hydrogen-bond acceptors (Lipinski definition) is 3. The monoisotopic (exact) mass is 364 g/mol. The number of halogens is 2. The number of nitrogen functional groups attached to an aromatic ring is 1. The molecule has 0 heterocycles. The molecule has 0 fully saturated rings. The van der Waals surface area contributed by atoms with Crippen molar-refractivity contribution in [1.29, 1.82) is 0 Å². The lowest BCUT2D eigenvalue weighted by Crippen LogP contribution is -2.38. The van der Waals surface area contributed by atoms with Crippen LogP contribution in [-0.2, 0) is 0 Å². The van der Waals surface area contributed by atoms with Crippen molar-refractivity contribution in [1.82, 2.24) is 5.32 Å². The van der Waals surface area contributed by atoms with E-state index in [4.69, 9.17) is 5.73 Å². The maximum absolute atomic E-state index is 10.1. The second-order valence-corrected chi connectivity index (χ2v) is 6.81. The van der Waals surface area contributed by atoms with E-state index in [2.05, 4.69) is 57.9 Å². The number of nitrogens with one attached hydrogen (secondary N) is 1. The van der Waals surface area contributed by atoms with Crippen LogP contribution in [0.1, 0.15) is 32.4 Å². The molecule has 1 rings (SSSR count). The van der Waals surface area contributed by atoms with Crippen LogP contribution in [0.3, 0.4) is 0 Å². The third-order valence-electron chi connectivity index (χ3n) is 2.31. The van der Waals surface area contributed by atoms with Crippen molar-refractivity contribution in [3.05, 3.63) is 26.6 Å². The summed E-state index contributed by atoms with van der Waals surface area (Å²) in [6.07, 6.45) is -0.622. The van der Waals surface area contributed by atoms with Crippen LogP contribution >= 0.6 is 31.9 Å². The molecule has 0 amide bonds. The van der Waals surface area contributed by atoms with Crippen molar-refractivity contribution < 1.29 is 5.11 Å². The molecule has 4 N–H and O–H groups in total. The Morgan fingerprint density at radius 2 is 1.94 bits per heavy atom. The van der Waals surface area contributed by atoms with Crippen molar-refractivity contribution >= 4 is 37.5 Å². The number of hydrogen-bond donors (Lipinski definition) is 3. The van der Waals surface area contributed by atoms with Crippen LogP contribution in [0.25, 0.3) is 0 Å². The Morgan fingerprint density at radius 3 is 2.47 bits per heavy atom. The summed E-state index contributed by atoms with van der Waals surface area (Å²) in [5.74, 6) is 0. The number of benzene rings is 1. The van der Waals surface area contributed by atoms with Gasteiger partial charge in [-0.25, -0.2) is 0 Å². The van der Waals surface area contributed by atoms with Crippen LogP contribution in [0.4, 0.5) is 5.69 Å². The lowest BCUT2D eigenvalue weighted by molar-refractivity contribution is 0.164. The Balaban J connectivity index is 2.85. The average molecular weight is 366 g/mol. The molecule has 1 aromatic rings. The molecule has 5 heteroatoms. The summed E-state index contributed by atoms with van der Waals surface area (Å²) in [5, 5.41) is 13.4. The van der Waals surface area contributed by atoms with Gasteiger partial charge in [0.25, 0.3) is 0 Å². The molecule has 0 radical (unpaired) electrons. The lowest BCUT2D eigenvalue weighted by atomic mass is 10.0. The lowest BCUT2D eigenvalue weighted by Gasteiger charge is -2.24. The highest BCUT2D eigenvalue weighted by Gasteiger charge is 2.17. The van der Waals surface area contributed by atoms with E-state index in [0.29, 0.717) is 12.2 Å². The van der Waals surface area contributed by atoms with E-state index in [1.165, 1.54) is 0 Å². The van der Waals surface area contributed by atoms with Gasteiger partial charge in [-0.1, -0.05) is 15.9 Å². The fraction of sp³-hybridized carbons (Fsp3) is 0.500. The molecule has 0 aromatic heterocycles. The minimum Gasteiger partial charge on any atom is -0.398 e. The highest BCUT2D eigenvalue weighted by Crippen LogP contribution is 2.31. The number of aliphatic hydroxyl groups is 1. The molecular formula is C12H18Br2N2O. The largest absolute Gasteiger partial charge is 0.398 e. The summed E-state index contributed by atoms with van der Waals surface area (Å²) in [5.41, 5.74) is 7.21. The Morgan fingerprint density at radius 1 is 1.35 bits per heavy atom. The molecule has 1 atom stereocenters. The first-order valence-electron chi connectivity index (χ1n) is 5.38. The number of β-amino-alcohol motifs (C(OH)–C–C–N with tert-alkyl or cyclic N) is 1. The molecule has 96 valence electrons. The van der Waals surface area contributed by atoms with Crippen molar-refractivity contribution in [3.63, 3.8) is 0 Å². The minimum absolute atomic E-state index is 0.0288. The first kappa shape index (κ1) is 15.0. The van der Waals surface area contributed by atoms with E-state index in [1.807, 2.05) is 12.1 Å². The van der Waals surface area contributed by atoms with Crippen LogP contribution in [-0.4, -0.2) is 17.2 Å². The zero-order chi connectivity index (χ0) is 13.2. The van der Waals surface area contributed by atoms with Crippen LogP contribution in [0.15, 0.2) is 21.1 Å². The molecule has 0 aliphatic carbocycles. The van der Waals surface area contributed by atoms with Gasteiger partial charge in [-0.05, 0) is 48.8 Å². The standard InChI is InChI=1S/C12H18Br2N2O/c1-12(2,3)16-6-10(17)8-4-7(13)5-9(14)11(8)15/h4-5,10,16-17H,6,15H2,1-3H3. The summed E-state index contributed by atoms with van der Waals surface area (Å²) < 4.78 is 1.68. The molecule has 0 spiro atoms. The summed E-state index contributed by atoms with van der Waals surface area (Å²) in [6.45, 7) is 6.64. The topological polar surface area (TPSA) is 58.3 Å². The smallest absolute Gasteiger partial charge is 0.0935 e. The van der Waals surface area contributed by atoms with Gasteiger partial charge in [-0.3, -0.25) is 0 Å². The molecule has 1 aromatic carbocycles. The van der Waals surface area contributed by atoms with E-state index in [0.717, 1.165) is 14.5 Å². The summed E-state index contributed by atoms with van der Waals surface area (Å²) in [4.78, 5) is 0. The quantitative estimate of drug-likeness (QED) is 0.721. The Bertz CT molecular complexity index is 402. The minimum atomic E-state index is -0.622. The second kappa shape index (κ2) is 5.69. The zero-order valence-corrected chi connectivity index (χ0v) is 13.4. The maximum Gasteiger partial charge on any atom is 0.0935 e. The maximum atomic E-state index is 10.1. The molecule has 3 nitrogen and oxygen atoms in total. The number of aliphatic hydroxyl groups excluding tert-OH is 1. The van der Waals surface area contributed by atoms with Gasteiger partial charge in [-0.15, -0.1) is 0 Å². The summed E-state index contributed by atoms with van der Waals surface area (Å²) in [7, 11) is 0. The van der Waals surface area contributed by atoms with E-state index >= 15 is 0 Å². The van der Waals surface area contributed by atoms with Crippen LogP contribution < -0.4 is 11.1 Å². The van der Waals surface area contributed by atoms with Crippen LogP contribution in [0, 0.1) is 0 Å². The van der Waals surface area contributed by atoms with Crippen molar-refractivity contribution in [2.24, 2.45) is 0 Å². The van der Waals surface area contributed by atoms with Gasteiger partial charge in [-0.2, -0.15) is 0 Å². The highest BCUT2D eigenvalue weighted by molar-refractivity contribution is 9.11. The first-order valence-corrected chi connectivity index (χ1v) is 6.97. The van der Waals surface area contributed by atoms with Gasteiger partial charge in [0.1, 0.15) is 0 Å². The van der Waals surface area contributed by atoms with E-state index in [1.54, 1.807) is 0 Å². The Hall–Kier alpha value is -0.100. The molecule has 0 bridgehead atoms. The Kier molecular flexibility index (Phi) is 5.01. The van der Waals surface area contributed by atoms with E-state index in [-0.39, 0.29) is 5.54 Å². The molecule has 17 heavy (non-hydrogen) atoms. The van der Waals surface area contributed by atoms with E-state index < -0.39 is 6.10 Å². The van der Waals surface area contributed by atoms with Gasteiger partial charge >= 0.3 is 0 Å². The van der Waals surface area contributed by atoms with Crippen molar-refractivity contribution in [2.75, 3.05) is 12.3 Å². The van der Waals surface area contributed by atoms with Crippen molar-refractivity contribution in [2.45, 2.75) is 32.4 Å². The SMILES string of the molecule is CC(C)(C)NCC(O)c1cc(Br)cc(Br)c1N. The van der Waals surface area contributed by atoms with Crippen LogP contribution in [0.2, 0.25) is 0 Å². The van der Waals surface area contributed by atoms with Gasteiger partial charge in [0.05, 0.1) is 11.8 Å². The fourth-order valence-electron chi connectivity index (χ4n) is 1.39. The van der Waals surface area contributed by atoms with Crippen molar-refractivity contribution in [3.8, 4) is 0 Å². The number of rotatable bonds is 3. The first-order chi connectivity index (χ1) is 7.70. The van der Waals surface area contributed by atoms with Gasteiger partial charge in [0.2, 0.25) is 0 Å². The highest BCUT2D eigenvalue weighted by atomic mass is 79.9. The second-order valence-electron chi connectivity index (χ2n) is 5.04. The molecule has 0 saturated heterocycles. The van der Waals surface area contributed by atoms with E-state index in [9.17, 15) is 5.11 Å². The Labute approximate surface area is 119 Å². The predicted molar refractivity (Wildman–Crippen MR) is 79.0 cm³/mol. The predicted octanol–water partition coefficient (Wildman–Crippen LogP) is 3.22. The van der Waals surface area contributed by atoms with Gasteiger partial charge in [0.15, 0.2) is 0 Å². The number of nitrogens with two attached hydrogens (primary N) is 1. The molecule has 0 aliphatic rings. The molecule has 0 saturated carbocycles. The zero-order valence-electron chi connectivity index (χ0n) is 10.2. The fourth-order valence-corrected chi connectivity index (χ4v) is 2.65. The molecular weight excluding hydrogens is 348 g/mol. The summed E-state index contributed by atoms with van der Waals surface area (Å²) >= 11 is 6.76. The third-order valence-corrected chi connectivity index (χ3v) is 3.42. The summed E-state index contributed by atoms with van der Waals surface area (Å²) in [6, 6.07) is 3.71.